The van der Waals surface area contributed by atoms with E-state index < -0.39 is 14.9 Å². The number of nitro groups is 1. The lowest BCUT2D eigenvalue weighted by Crippen LogP contribution is -2.30. The van der Waals surface area contributed by atoms with E-state index in [0.717, 1.165) is 30.7 Å². The molecule has 0 saturated carbocycles. The van der Waals surface area contributed by atoms with Gasteiger partial charge in [-0.3, -0.25) is 15.2 Å². The van der Waals surface area contributed by atoms with Gasteiger partial charge in [-0.1, -0.05) is 0 Å². The topological polar surface area (TPSA) is 140 Å². The maximum absolute atomic E-state index is 12.3. The van der Waals surface area contributed by atoms with Crippen molar-refractivity contribution in [1.29, 1.82) is 0 Å². The molecule has 1 atom stereocenters. The number of nitrogens with one attached hydrogen (secondary N) is 2. The molecule has 0 amide bonds. The van der Waals surface area contributed by atoms with Crippen molar-refractivity contribution in [3.8, 4) is 0 Å². The van der Waals surface area contributed by atoms with Gasteiger partial charge in [0.05, 0.1) is 14.7 Å². The average Bonchev–Trinajstić information content (AvgIpc) is 3.24. The molecule has 3 rings (SSSR count). The van der Waals surface area contributed by atoms with Gasteiger partial charge in [-0.25, -0.2) is 18.1 Å². The van der Waals surface area contributed by atoms with Crippen molar-refractivity contribution in [2.45, 2.75) is 53.8 Å². The normalized spacial score (nSPS) is 17.5. The lowest BCUT2D eigenvalue weighted by Gasteiger charge is -2.10. The molecule has 0 unspecified atom stereocenters. The number of nitrogens with zero attached hydrogens (tertiary/aromatic N) is 3. The minimum Gasteiger partial charge on any atom is -0.370 e. The molecule has 12 heteroatoms. The number of aromatic amines is 1. The van der Waals surface area contributed by atoms with Crippen LogP contribution in [0.5, 0.6) is 0 Å². The summed E-state index contributed by atoms with van der Waals surface area (Å²) in [4.78, 5) is 15.2. The lowest BCUT2D eigenvalue weighted by atomic mass is 10.2. The molecule has 1 fully saturated rings. The first-order chi connectivity index (χ1) is 12.8. The van der Waals surface area contributed by atoms with Gasteiger partial charge in [0.25, 0.3) is 5.69 Å². The van der Waals surface area contributed by atoms with Crippen LogP contribution in [0.2, 0.25) is 0 Å². The zero-order valence-electron chi connectivity index (χ0n) is 14.7. The van der Waals surface area contributed by atoms with Crippen molar-refractivity contribution in [3.05, 3.63) is 34.1 Å². The molecule has 1 aliphatic rings. The Kier molecular flexibility index (Phi) is 5.79. The minimum atomic E-state index is -3.83. The van der Waals surface area contributed by atoms with E-state index in [1.54, 1.807) is 13.8 Å². The zero-order valence-corrected chi connectivity index (χ0v) is 16.3. The van der Waals surface area contributed by atoms with Gasteiger partial charge >= 0.3 is 0 Å². The molecule has 0 bridgehead atoms. The summed E-state index contributed by atoms with van der Waals surface area (Å²) in [7, 11) is -3.83. The third kappa shape index (κ3) is 4.64. The second-order valence-corrected chi connectivity index (χ2v) is 8.99. The van der Waals surface area contributed by atoms with E-state index in [4.69, 9.17) is 4.74 Å². The first kappa shape index (κ1) is 19.7. The predicted octanol–water partition coefficient (Wildman–Crippen LogP) is 2.40. The number of ether oxygens (including phenoxy) is 1. The van der Waals surface area contributed by atoms with Crippen molar-refractivity contribution in [1.82, 2.24) is 19.9 Å². The Labute approximate surface area is 160 Å². The molecule has 2 N–H and O–H groups in total. The number of hydrogen-bond donors (Lipinski definition) is 2. The molecular formula is C15H19N5O5S2. The van der Waals surface area contributed by atoms with Gasteiger partial charge in [-0.05, 0) is 50.6 Å². The number of H-pyrrole nitrogens is 1. The summed E-state index contributed by atoms with van der Waals surface area (Å²) in [5, 5.41) is 18.6. The van der Waals surface area contributed by atoms with E-state index in [2.05, 4.69) is 19.9 Å². The van der Waals surface area contributed by atoms with Crippen molar-refractivity contribution in [2.75, 3.05) is 6.61 Å². The molecule has 0 spiro atoms. The van der Waals surface area contributed by atoms with Crippen LogP contribution < -0.4 is 4.72 Å². The molecule has 1 aromatic carbocycles. The molecule has 27 heavy (non-hydrogen) atoms. The molecule has 146 valence electrons. The number of aromatic nitrogens is 3. The van der Waals surface area contributed by atoms with Gasteiger partial charge in [-0.15, -0.1) is 5.10 Å². The van der Waals surface area contributed by atoms with Crippen LogP contribution in [0.15, 0.2) is 33.1 Å². The summed E-state index contributed by atoms with van der Waals surface area (Å²) < 4.78 is 32.4. The van der Waals surface area contributed by atoms with Crippen molar-refractivity contribution < 1.29 is 18.1 Å². The predicted molar refractivity (Wildman–Crippen MR) is 97.0 cm³/mol. The highest BCUT2D eigenvalue weighted by Gasteiger charge is 2.25. The standard InChI is InChI=1S/C15H19N5O5S2/c1-9(2)19-27(23,24)10-5-6-13(11(8-10)20(21)22)26-15-16-14(17-18-15)12-4-3-7-25-12/h5-6,8-9,12,19H,3-4,7H2,1-2H3,(H,16,17,18)/t12-/m1/s1. The van der Waals surface area contributed by atoms with Crippen molar-refractivity contribution in [2.24, 2.45) is 0 Å². The lowest BCUT2D eigenvalue weighted by molar-refractivity contribution is -0.388. The summed E-state index contributed by atoms with van der Waals surface area (Å²) in [5.74, 6) is 0.581. The van der Waals surface area contributed by atoms with Crippen LogP contribution in [0.1, 0.15) is 38.6 Å². The molecule has 1 aromatic heterocycles. The van der Waals surface area contributed by atoms with Crippen LogP contribution in [-0.4, -0.2) is 41.2 Å². The highest BCUT2D eigenvalue weighted by Crippen LogP contribution is 2.35. The molecule has 1 aliphatic heterocycles. The third-order valence-electron chi connectivity index (χ3n) is 3.75. The summed E-state index contributed by atoms with van der Waals surface area (Å²) in [5.41, 5.74) is -0.324. The van der Waals surface area contributed by atoms with Crippen LogP contribution in [0, 0.1) is 10.1 Å². The largest absolute Gasteiger partial charge is 0.370 e. The summed E-state index contributed by atoms with van der Waals surface area (Å²) in [6.07, 6.45) is 1.64. The quantitative estimate of drug-likeness (QED) is 0.521. The smallest absolute Gasteiger partial charge is 0.284 e. The Hall–Kier alpha value is -2.02. The maximum Gasteiger partial charge on any atom is 0.284 e. The second kappa shape index (κ2) is 7.92. The number of benzene rings is 1. The Balaban J connectivity index is 1.86. The number of nitro benzene ring substituents is 1. The van der Waals surface area contributed by atoms with Crippen LogP contribution in [0.3, 0.4) is 0 Å². The summed E-state index contributed by atoms with van der Waals surface area (Å²) in [6, 6.07) is 3.43. The Bertz CT molecular complexity index is 938. The van der Waals surface area contributed by atoms with E-state index in [9.17, 15) is 18.5 Å². The fourth-order valence-corrected chi connectivity index (χ4v) is 4.69. The highest BCUT2D eigenvalue weighted by atomic mass is 32.2. The Morgan fingerprint density at radius 2 is 2.22 bits per heavy atom. The Morgan fingerprint density at radius 3 is 2.85 bits per heavy atom. The van der Waals surface area contributed by atoms with E-state index in [0.29, 0.717) is 17.6 Å². The monoisotopic (exact) mass is 413 g/mol. The second-order valence-electron chi connectivity index (χ2n) is 6.27. The van der Waals surface area contributed by atoms with Gasteiger partial charge < -0.3 is 4.74 Å². The highest BCUT2D eigenvalue weighted by molar-refractivity contribution is 7.99. The van der Waals surface area contributed by atoms with Crippen LogP contribution in [0.25, 0.3) is 0 Å². The van der Waals surface area contributed by atoms with Crippen molar-refractivity contribution in [3.63, 3.8) is 0 Å². The number of rotatable bonds is 7. The van der Waals surface area contributed by atoms with Gasteiger partial charge in [0.1, 0.15) is 6.10 Å². The first-order valence-electron chi connectivity index (χ1n) is 8.29. The van der Waals surface area contributed by atoms with Gasteiger partial charge in [0, 0.05) is 18.7 Å². The maximum atomic E-state index is 12.3. The molecule has 2 aromatic rings. The van der Waals surface area contributed by atoms with Crippen LogP contribution in [-0.2, 0) is 14.8 Å². The van der Waals surface area contributed by atoms with E-state index >= 15 is 0 Å². The van der Waals surface area contributed by atoms with Gasteiger partial charge in [0.2, 0.25) is 15.2 Å². The SMILES string of the molecule is CC(C)NS(=O)(=O)c1ccc(Sc2n[nH]c([C@H]3CCCO3)n2)c([N+](=O)[O-])c1. The zero-order chi connectivity index (χ0) is 19.6. The molecule has 1 saturated heterocycles. The van der Waals surface area contributed by atoms with Gasteiger partial charge in [0.15, 0.2) is 5.82 Å². The fourth-order valence-electron chi connectivity index (χ4n) is 2.61. The van der Waals surface area contributed by atoms with E-state index in [1.807, 2.05) is 0 Å². The molecule has 10 nitrogen and oxygen atoms in total. The minimum absolute atomic E-state index is 0.142. The molecule has 0 radical (unpaired) electrons. The number of sulfonamides is 1. The van der Waals surface area contributed by atoms with Crippen molar-refractivity contribution >= 4 is 27.5 Å². The van der Waals surface area contributed by atoms with Crippen LogP contribution in [0.4, 0.5) is 5.69 Å². The van der Waals surface area contributed by atoms with Crippen LogP contribution >= 0.6 is 11.8 Å². The Morgan fingerprint density at radius 1 is 1.44 bits per heavy atom. The number of hydrogen-bond acceptors (Lipinski definition) is 8. The third-order valence-corrected chi connectivity index (χ3v) is 6.33. The summed E-state index contributed by atoms with van der Waals surface area (Å²) >= 11 is 0.989. The average molecular weight is 413 g/mol. The molecule has 0 aliphatic carbocycles. The molecule has 2 heterocycles. The van der Waals surface area contributed by atoms with Gasteiger partial charge in [-0.2, -0.15) is 0 Å². The molecular weight excluding hydrogens is 394 g/mol. The summed E-state index contributed by atoms with van der Waals surface area (Å²) in [6.45, 7) is 4.01. The van der Waals surface area contributed by atoms with E-state index in [1.165, 1.54) is 12.1 Å². The van der Waals surface area contributed by atoms with E-state index in [-0.39, 0.29) is 27.6 Å². The fraction of sp³-hybridized carbons (Fsp3) is 0.467. The first-order valence-corrected chi connectivity index (χ1v) is 10.6.